The van der Waals surface area contributed by atoms with E-state index in [0.717, 1.165) is 18.9 Å². The number of hydrogen-bond donors (Lipinski definition) is 2. The van der Waals surface area contributed by atoms with Gasteiger partial charge in [-0.1, -0.05) is 6.07 Å². The lowest BCUT2D eigenvalue weighted by molar-refractivity contribution is 0.0562. The number of carbonyl (C=O) groups excluding carboxylic acids is 2. The average Bonchev–Trinajstić information content (AvgIpc) is 3.71. The van der Waals surface area contributed by atoms with Gasteiger partial charge in [0.05, 0.1) is 23.1 Å². The molecule has 5 aromatic rings. The Morgan fingerprint density at radius 3 is 2.45 bits per heavy atom. The molecule has 0 spiro atoms. The number of anilines is 1. The number of aromatic nitrogens is 6. The third-order valence-electron chi connectivity index (χ3n) is 8.43. The number of nitrogen functional groups attached to an aromatic ring is 1. The van der Waals surface area contributed by atoms with Crippen LogP contribution in [0.5, 0.6) is 0 Å². The Bertz CT molecular complexity index is 1840. The molecular formula is C30H26F2N8O2. The summed E-state index contributed by atoms with van der Waals surface area (Å²) in [5.74, 6) is -1.51. The zero-order chi connectivity index (χ0) is 29.1. The van der Waals surface area contributed by atoms with Crippen molar-refractivity contribution in [1.82, 2.24) is 34.7 Å². The van der Waals surface area contributed by atoms with Gasteiger partial charge in [-0.25, -0.2) is 13.8 Å². The summed E-state index contributed by atoms with van der Waals surface area (Å²) in [5, 5.41) is 11.1. The summed E-state index contributed by atoms with van der Waals surface area (Å²) in [7, 11) is 0. The maximum atomic E-state index is 14.3. The monoisotopic (exact) mass is 568 g/mol. The first kappa shape index (κ1) is 25.9. The van der Waals surface area contributed by atoms with Crippen LogP contribution in [0.4, 0.5) is 14.6 Å². The second kappa shape index (κ2) is 9.82. The summed E-state index contributed by atoms with van der Waals surface area (Å²) in [6.07, 6.45) is 7.81. The van der Waals surface area contributed by atoms with Crippen molar-refractivity contribution >= 4 is 23.2 Å². The number of piperidine rings is 1. The number of ketones is 1. The molecule has 212 valence electrons. The fourth-order valence-corrected chi connectivity index (χ4v) is 6.55. The molecule has 42 heavy (non-hydrogen) atoms. The maximum Gasteiger partial charge on any atom is 0.272 e. The summed E-state index contributed by atoms with van der Waals surface area (Å²) < 4.78 is 29.1. The number of nitrogens with zero attached hydrogens (tertiary/aromatic N) is 6. The Balaban J connectivity index is 1.25. The van der Waals surface area contributed by atoms with E-state index in [2.05, 4.69) is 20.3 Å². The SMILES string of the molecule is CC(=O)c1c([C@H]2C[C@H]3CC[C@@H](C2)N3C(=O)c2ccn[nH]2)nc2c(-c3ccc(-c4ccc(F)cc4F)nc3)cnn2c1N. The number of hydrogen-bond acceptors (Lipinski definition) is 7. The highest BCUT2D eigenvalue weighted by Crippen LogP contribution is 2.45. The Labute approximate surface area is 238 Å². The van der Waals surface area contributed by atoms with Gasteiger partial charge in [0, 0.05) is 53.2 Å². The topological polar surface area (TPSA) is 135 Å². The third kappa shape index (κ3) is 4.13. The molecule has 4 aromatic heterocycles. The van der Waals surface area contributed by atoms with Crippen molar-refractivity contribution in [2.75, 3.05) is 5.73 Å². The van der Waals surface area contributed by atoms with Crippen molar-refractivity contribution in [3.05, 3.63) is 83.6 Å². The van der Waals surface area contributed by atoms with Gasteiger partial charge in [0.25, 0.3) is 5.91 Å². The molecule has 0 unspecified atom stereocenters. The number of rotatable bonds is 5. The van der Waals surface area contributed by atoms with Gasteiger partial charge in [-0.15, -0.1) is 0 Å². The number of benzene rings is 1. The predicted molar refractivity (Wildman–Crippen MR) is 150 cm³/mol. The van der Waals surface area contributed by atoms with Crippen LogP contribution in [0.25, 0.3) is 28.0 Å². The smallest absolute Gasteiger partial charge is 0.272 e. The van der Waals surface area contributed by atoms with Crippen LogP contribution < -0.4 is 5.73 Å². The molecule has 0 radical (unpaired) electrons. The first-order valence-electron chi connectivity index (χ1n) is 13.7. The van der Waals surface area contributed by atoms with Crippen molar-refractivity contribution in [1.29, 1.82) is 0 Å². The zero-order valence-electron chi connectivity index (χ0n) is 22.6. The Hall–Kier alpha value is -5.00. The van der Waals surface area contributed by atoms with E-state index in [4.69, 9.17) is 10.7 Å². The predicted octanol–water partition coefficient (Wildman–Crippen LogP) is 4.80. The quantitative estimate of drug-likeness (QED) is 0.291. The first-order chi connectivity index (χ1) is 20.3. The highest BCUT2D eigenvalue weighted by molar-refractivity contribution is 6.00. The second-order valence-electron chi connectivity index (χ2n) is 10.9. The maximum absolute atomic E-state index is 14.3. The number of pyridine rings is 1. The first-order valence-corrected chi connectivity index (χ1v) is 13.7. The molecule has 2 aliphatic rings. The van der Waals surface area contributed by atoms with Gasteiger partial charge in [0.15, 0.2) is 11.4 Å². The van der Waals surface area contributed by atoms with E-state index in [9.17, 15) is 18.4 Å². The molecule has 1 amide bonds. The van der Waals surface area contributed by atoms with E-state index < -0.39 is 11.6 Å². The lowest BCUT2D eigenvalue weighted by Crippen LogP contribution is -2.46. The summed E-state index contributed by atoms with van der Waals surface area (Å²) >= 11 is 0. The lowest BCUT2D eigenvalue weighted by Gasteiger charge is -2.39. The summed E-state index contributed by atoms with van der Waals surface area (Å²) in [6, 6.07) is 8.46. The largest absolute Gasteiger partial charge is 0.383 e. The van der Waals surface area contributed by atoms with E-state index in [0.29, 0.717) is 52.3 Å². The minimum Gasteiger partial charge on any atom is -0.383 e. The molecule has 2 aliphatic heterocycles. The molecule has 12 heteroatoms. The fraction of sp³-hybridized carbons (Fsp3) is 0.267. The Morgan fingerprint density at radius 2 is 1.81 bits per heavy atom. The molecule has 6 heterocycles. The van der Waals surface area contributed by atoms with Crippen LogP contribution in [-0.2, 0) is 0 Å². The molecule has 0 aliphatic carbocycles. The van der Waals surface area contributed by atoms with E-state index in [1.54, 1.807) is 36.8 Å². The van der Waals surface area contributed by atoms with Gasteiger partial charge in [0.2, 0.25) is 0 Å². The molecule has 3 N–H and O–H groups in total. The molecule has 7 rings (SSSR count). The minimum atomic E-state index is -0.701. The summed E-state index contributed by atoms with van der Waals surface area (Å²) in [6.45, 7) is 1.47. The lowest BCUT2D eigenvalue weighted by atomic mass is 9.85. The van der Waals surface area contributed by atoms with Gasteiger partial charge in [-0.2, -0.15) is 14.7 Å². The number of aromatic amines is 1. The number of fused-ring (bicyclic) bond motifs is 3. The summed E-state index contributed by atoms with van der Waals surface area (Å²) in [4.78, 5) is 37.4. The number of carbonyl (C=O) groups is 2. The van der Waals surface area contributed by atoms with Crippen LogP contribution in [0.2, 0.25) is 0 Å². The number of amides is 1. The van der Waals surface area contributed by atoms with Crippen LogP contribution in [-0.4, -0.2) is 58.5 Å². The fourth-order valence-electron chi connectivity index (χ4n) is 6.55. The van der Waals surface area contributed by atoms with Crippen molar-refractivity contribution in [3.63, 3.8) is 0 Å². The molecule has 10 nitrogen and oxygen atoms in total. The van der Waals surface area contributed by atoms with Crippen LogP contribution in [0, 0.1) is 11.6 Å². The van der Waals surface area contributed by atoms with Crippen molar-refractivity contribution in [2.24, 2.45) is 0 Å². The molecule has 2 fully saturated rings. The van der Waals surface area contributed by atoms with Crippen LogP contribution in [0.1, 0.15) is 65.1 Å². The molecular weight excluding hydrogens is 542 g/mol. The third-order valence-corrected chi connectivity index (χ3v) is 8.43. The van der Waals surface area contributed by atoms with Gasteiger partial charge in [-0.3, -0.25) is 19.7 Å². The number of Topliss-reactive ketones (excluding diaryl/α,β-unsaturated/α-hetero) is 1. The Kier molecular flexibility index (Phi) is 6.07. The van der Waals surface area contributed by atoms with Crippen molar-refractivity contribution < 1.29 is 18.4 Å². The van der Waals surface area contributed by atoms with Crippen LogP contribution >= 0.6 is 0 Å². The number of nitrogens with two attached hydrogens (primary N) is 1. The van der Waals surface area contributed by atoms with Gasteiger partial charge in [-0.05, 0) is 56.9 Å². The van der Waals surface area contributed by atoms with Gasteiger partial charge < -0.3 is 10.6 Å². The second-order valence-corrected chi connectivity index (χ2v) is 10.9. The Morgan fingerprint density at radius 1 is 1.02 bits per heavy atom. The number of halogens is 2. The standard InChI is InChI=1S/C30H26F2N8O2/c1-15(41)26-27(17-10-19-4-5-20(11-17)39(19)30(42)25-8-9-35-38-25)37-29-22(14-36-40(29)28(26)33)16-2-7-24(34-13-16)21-6-3-18(31)12-23(21)32/h2-3,6-9,12-14,17,19-20H,4-5,10-11,33H2,1H3,(H,35,38)/t17-,19+,20-. The van der Waals surface area contributed by atoms with Crippen LogP contribution in [0.15, 0.2) is 55.0 Å². The highest BCUT2D eigenvalue weighted by atomic mass is 19.1. The molecule has 2 saturated heterocycles. The normalized spacial score (nSPS) is 19.9. The molecule has 1 aromatic carbocycles. The van der Waals surface area contributed by atoms with Crippen molar-refractivity contribution in [3.8, 4) is 22.4 Å². The van der Waals surface area contributed by atoms with E-state index in [1.807, 2.05) is 4.90 Å². The number of H-pyrrole nitrogens is 1. The van der Waals surface area contributed by atoms with E-state index >= 15 is 0 Å². The zero-order valence-corrected chi connectivity index (χ0v) is 22.6. The van der Waals surface area contributed by atoms with Crippen LogP contribution in [0.3, 0.4) is 0 Å². The molecule has 2 bridgehead atoms. The number of nitrogens with one attached hydrogen (secondary N) is 1. The van der Waals surface area contributed by atoms with Crippen molar-refractivity contribution in [2.45, 2.75) is 50.6 Å². The van der Waals surface area contributed by atoms with E-state index in [1.165, 1.54) is 23.6 Å². The molecule has 3 atom stereocenters. The summed E-state index contributed by atoms with van der Waals surface area (Å²) in [5.41, 5.74) is 10.3. The highest BCUT2D eigenvalue weighted by Gasteiger charge is 2.45. The average molecular weight is 569 g/mol. The van der Waals surface area contributed by atoms with Gasteiger partial charge in [0.1, 0.15) is 23.1 Å². The van der Waals surface area contributed by atoms with E-state index in [-0.39, 0.29) is 41.1 Å². The minimum absolute atomic E-state index is 0.0107. The van der Waals surface area contributed by atoms with Gasteiger partial charge >= 0.3 is 0 Å². The molecule has 0 saturated carbocycles.